The molecule has 23 heavy (non-hydrogen) atoms. The van der Waals surface area contributed by atoms with E-state index in [4.69, 9.17) is 14.2 Å². The molecule has 0 amide bonds. The summed E-state index contributed by atoms with van der Waals surface area (Å²) in [4.78, 5) is 7.00. The molecular weight excluding hydrogens is 296 g/mol. The SMILES string of the molecule is CCNC(=NCCN1CCOCC1)NCCOCC1CCCO1. The van der Waals surface area contributed by atoms with Crippen LogP contribution < -0.4 is 10.6 Å². The van der Waals surface area contributed by atoms with Gasteiger partial charge in [0.15, 0.2) is 5.96 Å². The van der Waals surface area contributed by atoms with E-state index in [0.29, 0.717) is 19.3 Å². The van der Waals surface area contributed by atoms with Crippen molar-refractivity contribution in [2.24, 2.45) is 4.99 Å². The molecule has 2 fully saturated rings. The Balaban J connectivity index is 1.55. The highest BCUT2D eigenvalue weighted by atomic mass is 16.5. The van der Waals surface area contributed by atoms with Gasteiger partial charge in [-0.3, -0.25) is 9.89 Å². The van der Waals surface area contributed by atoms with Crippen LogP contribution in [0.15, 0.2) is 4.99 Å². The van der Waals surface area contributed by atoms with E-state index in [9.17, 15) is 0 Å². The molecule has 0 aliphatic carbocycles. The standard InChI is InChI=1S/C16H32N4O3/c1-2-17-16(18-5-7-20-8-12-21-13-9-20)19-6-11-22-14-15-4-3-10-23-15/h15H,2-14H2,1H3,(H2,17,18,19). The highest BCUT2D eigenvalue weighted by Crippen LogP contribution is 2.11. The van der Waals surface area contributed by atoms with Crippen molar-refractivity contribution >= 4 is 5.96 Å². The van der Waals surface area contributed by atoms with Crippen molar-refractivity contribution in [1.82, 2.24) is 15.5 Å². The van der Waals surface area contributed by atoms with E-state index in [1.54, 1.807) is 0 Å². The molecule has 2 rings (SSSR count). The molecule has 0 saturated carbocycles. The molecule has 2 aliphatic rings. The van der Waals surface area contributed by atoms with Crippen molar-refractivity contribution < 1.29 is 14.2 Å². The second-order valence-electron chi connectivity index (χ2n) is 5.85. The zero-order chi connectivity index (χ0) is 16.2. The van der Waals surface area contributed by atoms with Crippen molar-refractivity contribution in [3.8, 4) is 0 Å². The molecule has 2 N–H and O–H groups in total. The van der Waals surface area contributed by atoms with Crippen molar-refractivity contribution in [3.63, 3.8) is 0 Å². The first-order valence-electron chi connectivity index (χ1n) is 8.90. The van der Waals surface area contributed by atoms with Crippen LogP contribution in [0.3, 0.4) is 0 Å². The number of nitrogens with zero attached hydrogens (tertiary/aromatic N) is 2. The van der Waals surface area contributed by atoms with Crippen molar-refractivity contribution in [2.45, 2.75) is 25.9 Å². The van der Waals surface area contributed by atoms with Gasteiger partial charge in [-0.15, -0.1) is 0 Å². The molecule has 0 bridgehead atoms. The lowest BCUT2D eigenvalue weighted by molar-refractivity contribution is 0.0191. The first kappa shape index (κ1) is 18.4. The number of ether oxygens (including phenoxy) is 3. The second-order valence-corrected chi connectivity index (χ2v) is 5.85. The molecule has 2 heterocycles. The Morgan fingerprint density at radius 3 is 2.87 bits per heavy atom. The van der Waals surface area contributed by atoms with Crippen LogP contribution >= 0.6 is 0 Å². The molecule has 2 saturated heterocycles. The molecule has 2 aliphatic heterocycles. The number of hydrogen-bond acceptors (Lipinski definition) is 5. The van der Waals surface area contributed by atoms with Gasteiger partial charge in [0.1, 0.15) is 0 Å². The molecule has 0 aromatic heterocycles. The minimum Gasteiger partial charge on any atom is -0.379 e. The molecule has 0 spiro atoms. The average molecular weight is 328 g/mol. The normalized spacial score (nSPS) is 23.2. The van der Waals surface area contributed by atoms with Crippen LogP contribution in [0.4, 0.5) is 0 Å². The van der Waals surface area contributed by atoms with E-state index < -0.39 is 0 Å². The molecule has 7 heteroatoms. The summed E-state index contributed by atoms with van der Waals surface area (Å²) in [5.41, 5.74) is 0. The Morgan fingerprint density at radius 1 is 1.26 bits per heavy atom. The maximum atomic E-state index is 5.65. The van der Waals surface area contributed by atoms with Gasteiger partial charge in [0.25, 0.3) is 0 Å². The fraction of sp³-hybridized carbons (Fsp3) is 0.938. The topological polar surface area (TPSA) is 67.4 Å². The van der Waals surface area contributed by atoms with Gasteiger partial charge >= 0.3 is 0 Å². The van der Waals surface area contributed by atoms with E-state index in [-0.39, 0.29) is 0 Å². The first-order valence-corrected chi connectivity index (χ1v) is 8.90. The summed E-state index contributed by atoms with van der Waals surface area (Å²) in [6, 6.07) is 0. The molecule has 0 aromatic carbocycles. The van der Waals surface area contributed by atoms with Gasteiger partial charge in [-0.25, -0.2) is 0 Å². The third kappa shape index (κ3) is 7.97. The zero-order valence-electron chi connectivity index (χ0n) is 14.4. The van der Waals surface area contributed by atoms with Gasteiger partial charge in [-0.05, 0) is 19.8 Å². The van der Waals surface area contributed by atoms with E-state index >= 15 is 0 Å². The second kappa shape index (κ2) is 11.6. The minimum atomic E-state index is 0.297. The average Bonchev–Trinajstić information content (AvgIpc) is 3.09. The van der Waals surface area contributed by atoms with E-state index in [0.717, 1.165) is 77.9 Å². The fourth-order valence-electron chi connectivity index (χ4n) is 2.70. The quantitative estimate of drug-likeness (QED) is 0.355. The molecule has 134 valence electrons. The van der Waals surface area contributed by atoms with Crippen LogP contribution in [-0.4, -0.2) is 89.3 Å². The van der Waals surface area contributed by atoms with Gasteiger partial charge < -0.3 is 24.8 Å². The minimum absolute atomic E-state index is 0.297. The number of morpholine rings is 1. The highest BCUT2D eigenvalue weighted by Gasteiger charge is 2.15. The summed E-state index contributed by atoms with van der Waals surface area (Å²) in [5, 5.41) is 6.58. The Morgan fingerprint density at radius 2 is 2.13 bits per heavy atom. The monoisotopic (exact) mass is 328 g/mol. The van der Waals surface area contributed by atoms with E-state index in [1.807, 2.05) is 0 Å². The number of nitrogens with one attached hydrogen (secondary N) is 2. The summed E-state index contributed by atoms with van der Waals surface area (Å²) in [7, 11) is 0. The maximum Gasteiger partial charge on any atom is 0.191 e. The van der Waals surface area contributed by atoms with Crippen molar-refractivity contribution in [1.29, 1.82) is 0 Å². The Labute approximate surface area is 139 Å². The summed E-state index contributed by atoms with van der Waals surface area (Å²) < 4.78 is 16.5. The third-order valence-corrected chi connectivity index (χ3v) is 4.00. The summed E-state index contributed by atoms with van der Waals surface area (Å²) >= 11 is 0. The summed E-state index contributed by atoms with van der Waals surface area (Å²) in [5.74, 6) is 0.862. The number of guanidine groups is 1. The lowest BCUT2D eigenvalue weighted by atomic mass is 10.2. The number of hydrogen-bond donors (Lipinski definition) is 2. The number of aliphatic imine (C=N–C) groups is 1. The Kier molecular flexibility index (Phi) is 9.32. The first-order chi connectivity index (χ1) is 11.4. The lowest BCUT2D eigenvalue weighted by Gasteiger charge is -2.25. The zero-order valence-corrected chi connectivity index (χ0v) is 14.4. The summed E-state index contributed by atoms with van der Waals surface area (Å²) in [6.07, 6.45) is 2.58. The molecule has 1 unspecified atom stereocenters. The van der Waals surface area contributed by atoms with Crippen LogP contribution in [0.5, 0.6) is 0 Å². The van der Waals surface area contributed by atoms with Gasteiger partial charge in [-0.2, -0.15) is 0 Å². The van der Waals surface area contributed by atoms with Gasteiger partial charge in [-0.1, -0.05) is 0 Å². The smallest absolute Gasteiger partial charge is 0.191 e. The van der Waals surface area contributed by atoms with Crippen LogP contribution in [0.1, 0.15) is 19.8 Å². The molecule has 0 radical (unpaired) electrons. The maximum absolute atomic E-state index is 5.65. The van der Waals surface area contributed by atoms with Crippen molar-refractivity contribution in [2.75, 3.05) is 72.3 Å². The fourth-order valence-corrected chi connectivity index (χ4v) is 2.70. The Hall–Kier alpha value is -0.890. The number of rotatable bonds is 9. The largest absolute Gasteiger partial charge is 0.379 e. The van der Waals surface area contributed by atoms with E-state index in [1.165, 1.54) is 0 Å². The predicted molar refractivity (Wildman–Crippen MR) is 91.0 cm³/mol. The van der Waals surface area contributed by atoms with Gasteiger partial charge in [0.2, 0.25) is 0 Å². The van der Waals surface area contributed by atoms with Crippen LogP contribution in [0, 0.1) is 0 Å². The van der Waals surface area contributed by atoms with Gasteiger partial charge in [0, 0.05) is 39.3 Å². The van der Waals surface area contributed by atoms with Crippen LogP contribution in [0.25, 0.3) is 0 Å². The van der Waals surface area contributed by atoms with Crippen LogP contribution in [0.2, 0.25) is 0 Å². The summed E-state index contributed by atoms with van der Waals surface area (Å²) in [6.45, 7) is 11.4. The predicted octanol–water partition coefficient (Wildman–Crippen LogP) is 0.0693. The van der Waals surface area contributed by atoms with Gasteiger partial charge in [0.05, 0.1) is 39.1 Å². The van der Waals surface area contributed by atoms with Crippen molar-refractivity contribution in [3.05, 3.63) is 0 Å². The lowest BCUT2D eigenvalue weighted by Crippen LogP contribution is -2.41. The molecule has 7 nitrogen and oxygen atoms in total. The van der Waals surface area contributed by atoms with Crippen LogP contribution in [-0.2, 0) is 14.2 Å². The highest BCUT2D eigenvalue weighted by molar-refractivity contribution is 5.79. The molecule has 1 atom stereocenters. The van der Waals surface area contributed by atoms with E-state index in [2.05, 4.69) is 27.4 Å². The third-order valence-electron chi connectivity index (χ3n) is 4.00. The Bertz CT molecular complexity index is 329. The molecule has 0 aromatic rings. The molecular formula is C16H32N4O3.